The lowest BCUT2D eigenvalue weighted by atomic mass is 9.43. The molecule has 3 heterocycles. The molecule has 0 aromatic carbocycles. The second kappa shape index (κ2) is 6.40. The normalized spacial score (nSPS) is 44.8. The number of furan rings is 1. The summed E-state index contributed by atoms with van der Waals surface area (Å²) in [4.78, 5) is 38.7. The van der Waals surface area contributed by atoms with Crippen LogP contribution in [0.5, 0.6) is 0 Å². The molecular weight excluding hydrogens is 392 g/mol. The van der Waals surface area contributed by atoms with E-state index in [0.29, 0.717) is 19.3 Å². The highest BCUT2D eigenvalue weighted by molar-refractivity contribution is 5.93. The summed E-state index contributed by atoms with van der Waals surface area (Å²) in [6.45, 7) is 3.22. The minimum Gasteiger partial charge on any atom is -0.472 e. The number of esters is 2. The predicted octanol–water partition coefficient (Wildman–Crippen LogP) is 1.95. The summed E-state index contributed by atoms with van der Waals surface area (Å²) in [6, 6.07) is 1.78. The molecule has 7 atom stereocenters. The van der Waals surface area contributed by atoms with E-state index < -0.39 is 40.5 Å². The van der Waals surface area contributed by atoms with Gasteiger partial charge in [-0.2, -0.15) is 0 Å². The SMILES string of the molecule is CC(=O)OC[C@@]12C(=O)C[C@@H](C)[C@]3(C[C@@H](c4ccoc4)OC3=O)[C@H]1CC[C@H](O)[C@]21CO1. The molecule has 4 aliphatic rings. The Bertz CT molecular complexity index is 887. The van der Waals surface area contributed by atoms with Crippen LogP contribution in [0.15, 0.2) is 23.0 Å². The first-order chi connectivity index (χ1) is 14.3. The number of fused-ring (bicyclic) bond motifs is 3. The van der Waals surface area contributed by atoms with Crippen LogP contribution < -0.4 is 0 Å². The molecule has 2 saturated heterocycles. The number of aliphatic hydroxyl groups is 1. The molecule has 2 saturated carbocycles. The molecule has 2 spiro atoms. The van der Waals surface area contributed by atoms with Crippen molar-refractivity contribution in [2.24, 2.45) is 22.7 Å². The molecule has 5 rings (SSSR count). The van der Waals surface area contributed by atoms with Gasteiger partial charge in [-0.25, -0.2) is 0 Å². The average molecular weight is 418 g/mol. The summed E-state index contributed by atoms with van der Waals surface area (Å²) in [6.07, 6.45) is 3.23. The average Bonchev–Trinajstić information content (AvgIpc) is 3.16. The topological polar surface area (TPSA) is 116 Å². The zero-order chi connectivity index (χ0) is 21.3. The van der Waals surface area contributed by atoms with Crippen molar-refractivity contribution in [1.29, 1.82) is 0 Å². The van der Waals surface area contributed by atoms with Crippen molar-refractivity contribution in [2.45, 2.75) is 57.3 Å². The van der Waals surface area contributed by atoms with E-state index >= 15 is 0 Å². The Balaban J connectivity index is 1.62. The number of ketones is 1. The minimum atomic E-state index is -1.26. The highest BCUT2D eigenvalue weighted by atomic mass is 16.6. The van der Waals surface area contributed by atoms with Crippen LogP contribution in [0.3, 0.4) is 0 Å². The van der Waals surface area contributed by atoms with Gasteiger partial charge in [-0.3, -0.25) is 14.4 Å². The van der Waals surface area contributed by atoms with E-state index in [0.717, 1.165) is 5.56 Å². The molecule has 0 amide bonds. The lowest BCUT2D eigenvalue weighted by molar-refractivity contribution is -0.200. The van der Waals surface area contributed by atoms with Crippen molar-refractivity contribution in [3.63, 3.8) is 0 Å². The van der Waals surface area contributed by atoms with E-state index in [4.69, 9.17) is 18.6 Å². The summed E-state index contributed by atoms with van der Waals surface area (Å²) >= 11 is 0. The third kappa shape index (κ3) is 2.32. The molecule has 0 radical (unpaired) electrons. The molecule has 2 aliphatic carbocycles. The van der Waals surface area contributed by atoms with Crippen molar-refractivity contribution in [1.82, 2.24) is 0 Å². The maximum Gasteiger partial charge on any atom is 0.313 e. The number of Topliss-reactive ketones (excluding diaryl/α,β-unsaturated/α-hetero) is 1. The first-order valence-corrected chi connectivity index (χ1v) is 10.5. The second-order valence-corrected chi connectivity index (χ2v) is 9.30. The maximum atomic E-state index is 13.6. The van der Waals surface area contributed by atoms with E-state index in [1.807, 2.05) is 6.92 Å². The molecule has 2 aliphatic heterocycles. The van der Waals surface area contributed by atoms with Crippen LogP contribution in [0.1, 0.15) is 51.2 Å². The number of epoxide rings is 1. The molecule has 30 heavy (non-hydrogen) atoms. The number of carbonyl (C=O) groups is 3. The molecule has 4 fully saturated rings. The number of hydrogen-bond donors (Lipinski definition) is 1. The number of ether oxygens (including phenoxy) is 3. The second-order valence-electron chi connectivity index (χ2n) is 9.30. The Labute approximate surface area is 173 Å². The van der Waals surface area contributed by atoms with Crippen LogP contribution in [-0.4, -0.2) is 47.7 Å². The summed E-state index contributed by atoms with van der Waals surface area (Å²) in [7, 11) is 0. The molecular formula is C22H26O8. The van der Waals surface area contributed by atoms with Gasteiger partial charge in [0.15, 0.2) is 0 Å². The molecule has 0 bridgehead atoms. The Hall–Kier alpha value is -2.19. The third-order valence-electron chi connectivity index (χ3n) is 8.13. The number of hydrogen-bond acceptors (Lipinski definition) is 8. The fourth-order valence-corrected chi connectivity index (χ4v) is 6.56. The molecule has 8 nitrogen and oxygen atoms in total. The lowest BCUT2D eigenvalue weighted by Crippen LogP contribution is -2.69. The van der Waals surface area contributed by atoms with Crippen molar-refractivity contribution >= 4 is 17.7 Å². The molecule has 1 N–H and O–H groups in total. The maximum absolute atomic E-state index is 13.6. The highest BCUT2D eigenvalue weighted by Crippen LogP contribution is 2.69. The predicted molar refractivity (Wildman–Crippen MR) is 99.9 cm³/mol. The van der Waals surface area contributed by atoms with Crippen molar-refractivity contribution in [3.05, 3.63) is 24.2 Å². The Kier molecular flexibility index (Phi) is 4.22. The smallest absolute Gasteiger partial charge is 0.313 e. The Morgan fingerprint density at radius 2 is 2.10 bits per heavy atom. The van der Waals surface area contributed by atoms with Crippen molar-refractivity contribution < 1.29 is 38.1 Å². The van der Waals surface area contributed by atoms with E-state index in [1.54, 1.807) is 12.3 Å². The molecule has 1 aromatic rings. The molecule has 0 unspecified atom stereocenters. The largest absolute Gasteiger partial charge is 0.472 e. The van der Waals surface area contributed by atoms with E-state index in [2.05, 4.69) is 0 Å². The van der Waals surface area contributed by atoms with Gasteiger partial charge < -0.3 is 23.7 Å². The number of aliphatic hydroxyl groups excluding tert-OH is 1. The van der Waals surface area contributed by atoms with Crippen molar-refractivity contribution in [3.8, 4) is 0 Å². The van der Waals surface area contributed by atoms with Gasteiger partial charge in [0.2, 0.25) is 0 Å². The third-order valence-corrected chi connectivity index (χ3v) is 8.13. The van der Waals surface area contributed by atoms with Crippen LogP contribution in [0, 0.1) is 22.7 Å². The van der Waals surface area contributed by atoms with Gasteiger partial charge in [0.25, 0.3) is 0 Å². The zero-order valence-corrected chi connectivity index (χ0v) is 17.1. The quantitative estimate of drug-likeness (QED) is 0.585. The van der Waals surface area contributed by atoms with Crippen LogP contribution in [0.4, 0.5) is 0 Å². The lowest BCUT2D eigenvalue weighted by Gasteiger charge is -2.58. The fourth-order valence-electron chi connectivity index (χ4n) is 6.56. The van der Waals surface area contributed by atoms with E-state index in [9.17, 15) is 19.5 Å². The van der Waals surface area contributed by atoms with Crippen LogP contribution in [-0.2, 0) is 28.6 Å². The summed E-state index contributed by atoms with van der Waals surface area (Å²) in [5.41, 5.74) is -2.51. The van der Waals surface area contributed by atoms with Gasteiger partial charge in [-0.1, -0.05) is 6.92 Å². The van der Waals surface area contributed by atoms with Crippen LogP contribution in [0.25, 0.3) is 0 Å². The Morgan fingerprint density at radius 3 is 2.73 bits per heavy atom. The first kappa shape index (κ1) is 19.8. The standard InChI is InChI=1S/C22H26O8/c1-12-7-18(25)21(10-28-13(2)23)16(3-4-17(24)22(21)11-29-22)20(12)8-15(30-19(20)26)14-5-6-27-9-14/h5-6,9,12,15-17,24H,3-4,7-8,10-11H2,1-2H3/t12-,15+,16-,17+,20-,21+,22-/m1/s1. The van der Waals surface area contributed by atoms with Gasteiger partial charge in [-0.15, -0.1) is 0 Å². The van der Waals surface area contributed by atoms with E-state index in [-0.39, 0.29) is 37.3 Å². The first-order valence-electron chi connectivity index (χ1n) is 10.5. The number of carbonyl (C=O) groups excluding carboxylic acids is 3. The Morgan fingerprint density at radius 1 is 1.33 bits per heavy atom. The molecule has 1 aromatic heterocycles. The monoisotopic (exact) mass is 418 g/mol. The number of cyclic esters (lactones) is 1. The fraction of sp³-hybridized carbons (Fsp3) is 0.682. The minimum absolute atomic E-state index is 0.109. The summed E-state index contributed by atoms with van der Waals surface area (Å²) in [5, 5.41) is 10.8. The van der Waals surface area contributed by atoms with Gasteiger partial charge >= 0.3 is 11.9 Å². The van der Waals surface area contributed by atoms with Gasteiger partial charge in [0, 0.05) is 25.3 Å². The molecule has 8 heteroatoms. The zero-order valence-electron chi connectivity index (χ0n) is 17.1. The van der Waals surface area contributed by atoms with Gasteiger partial charge in [-0.05, 0) is 30.7 Å². The van der Waals surface area contributed by atoms with Gasteiger partial charge in [0.05, 0.1) is 30.7 Å². The van der Waals surface area contributed by atoms with Crippen LogP contribution in [0.2, 0.25) is 0 Å². The summed E-state index contributed by atoms with van der Waals surface area (Å²) in [5.74, 6) is -1.64. The molecule has 162 valence electrons. The highest BCUT2D eigenvalue weighted by Gasteiger charge is 2.80. The number of rotatable bonds is 3. The van der Waals surface area contributed by atoms with E-state index in [1.165, 1.54) is 13.2 Å². The van der Waals surface area contributed by atoms with Crippen molar-refractivity contribution in [2.75, 3.05) is 13.2 Å². The van der Waals surface area contributed by atoms with Crippen LogP contribution >= 0.6 is 0 Å². The van der Waals surface area contributed by atoms with Gasteiger partial charge in [0.1, 0.15) is 29.5 Å². The summed E-state index contributed by atoms with van der Waals surface area (Å²) < 4.78 is 22.2.